The van der Waals surface area contributed by atoms with E-state index in [4.69, 9.17) is 51.8 Å². The molecule has 0 saturated heterocycles. The molecule has 9 heteroatoms. The van der Waals surface area contributed by atoms with Crippen LogP contribution in [0, 0.1) is 5.41 Å². The number of hydrazone groups is 2. The molecule has 124 valence electrons. The second-order valence-electron chi connectivity index (χ2n) is 4.46. The first-order valence-electron chi connectivity index (χ1n) is 6.52. The van der Waals surface area contributed by atoms with Crippen molar-refractivity contribution in [2.24, 2.45) is 10.2 Å². The van der Waals surface area contributed by atoms with Gasteiger partial charge in [-0.3, -0.25) is 5.41 Å². The van der Waals surface area contributed by atoms with E-state index in [0.717, 1.165) is 11.1 Å². The van der Waals surface area contributed by atoms with Crippen molar-refractivity contribution in [3.63, 3.8) is 0 Å². The molecule has 2 rings (SSSR count). The largest absolute Gasteiger partial charge is 0.266 e. The minimum atomic E-state index is -0.109. The molecule has 0 unspecified atom stereocenters. The van der Waals surface area contributed by atoms with Crippen LogP contribution in [0.4, 0.5) is 0 Å². The van der Waals surface area contributed by atoms with Gasteiger partial charge in [-0.15, -0.1) is 0 Å². The van der Waals surface area contributed by atoms with Gasteiger partial charge >= 0.3 is 0 Å². The predicted octanol–water partition coefficient (Wildman–Crippen LogP) is 4.78. The Labute approximate surface area is 158 Å². The number of hydrogen-bond acceptors (Lipinski definition) is 3. The topological polar surface area (TPSA) is 72.6 Å². The van der Waals surface area contributed by atoms with Crippen LogP contribution >= 0.6 is 46.4 Å². The Balaban J connectivity index is 1.84. The first kappa shape index (κ1) is 18.5. The fraction of sp³-hybridized carbons (Fsp3) is 0. The summed E-state index contributed by atoms with van der Waals surface area (Å²) in [7, 11) is 0. The lowest BCUT2D eigenvalue weighted by molar-refractivity contribution is 0.893. The molecule has 0 atom stereocenters. The summed E-state index contributed by atoms with van der Waals surface area (Å²) in [6, 6.07) is 10.1. The van der Waals surface area contributed by atoms with Crippen molar-refractivity contribution >= 4 is 64.8 Å². The Bertz CT molecular complexity index is 739. The number of hydrogen-bond donors (Lipinski definition) is 3. The van der Waals surface area contributed by atoms with E-state index in [9.17, 15) is 0 Å². The Hall–Kier alpha value is -1.79. The number of halogens is 4. The van der Waals surface area contributed by atoms with Crippen molar-refractivity contribution in [3.05, 3.63) is 67.6 Å². The van der Waals surface area contributed by atoms with Gasteiger partial charge in [0.05, 0.1) is 32.5 Å². The molecule has 0 spiro atoms. The monoisotopic (exact) mass is 401 g/mol. The summed E-state index contributed by atoms with van der Waals surface area (Å²) in [4.78, 5) is 0. The van der Waals surface area contributed by atoms with Crippen LogP contribution in [0.5, 0.6) is 0 Å². The molecule has 0 fully saturated rings. The van der Waals surface area contributed by atoms with E-state index in [1.165, 1.54) is 12.4 Å². The fourth-order valence-electron chi connectivity index (χ4n) is 1.55. The highest BCUT2D eigenvalue weighted by atomic mass is 35.5. The van der Waals surface area contributed by atoms with Gasteiger partial charge in [-0.2, -0.15) is 10.2 Å². The lowest BCUT2D eigenvalue weighted by Crippen LogP contribution is -2.29. The molecule has 3 N–H and O–H groups in total. The third kappa shape index (κ3) is 5.69. The molecule has 0 radical (unpaired) electrons. The number of benzene rings is 2. The Morgan fingerprint density at radius 3 is 1.54 bits per heavy atom. The zero-order valence-corrected chi connectivity index (χ0v) is 15.0. The van der Waals surface area contributed by atoms with Crippen molar-refractivity contribution < 1.29 is 0 Å². The van der Waals surface area contributed by atoms with Crippen LogP contribution in [0.15, 0.2) is 46.6 Å². The highest BCUT2D eigenvalue weighted by molar-refractivity contribution is 6.42. The quantitative estimate of drug-likeness (QED) is 0.391. The molecule has 2 aromatic rings. The summed E-state index contributed by atoms with van der Waals surface area (Å²) >= 11 is 23.4. The Morgan fingerprint density at radius 1 is 0.750 bits per heavy atom. The lowest BCUT2D eigenvalue weighted by atomic mass is 10.2. The Morgan fingerprint density at radius 2 is 1.17 bits per heavy atom. The molecule has 5 nitrogen and oxygen atoms in total. The first-order valence-corrected chi connectivity index (χ1v) is 8.03. The molecular formula is C15H11Cl4N5. The molecule has 24 heavy (non-hydrogen) atoms. The molecule has 0 aliphatic heterocycles. The third-order valence-electron chi connectivity index (χ3n) is 2.67. The third-order valence-corrected chi connectivity index (χ3v) is 4.15. The van der Waals surface area contributed by atoms with E-state index in [1.807, 2.05) is 0 Å². The van der Waals surface area contributed by atoms with E-state index >= 15 is 0 Å². The van der Waals surface area contributed by atoms with Crippen molar-refractivity contribution in [1.82, 2.24) is 10.9 Å². The predicted molar refractivity (Wildman–Crippen MR) is 102 cm³/mol. The van der Waals surface area contributed by atoms with E-state index in [1.54, 1.807) is 36.4 Å². The summed E-state index contributed by atoms with van der Waals surface area (Å²) in [6.07, 6.45) is 3.00. The van der Waals surface area contributed by atoms with Crippen molar-refractivity contribution in [3.8, 4) is 0 Å². The van der Waals surface area contributed by atoms with Crippen molar-refractivity contribution in [2.75, 3.05) is 0 Å². The zero-order chi connectivity index (χ0) is 17.5. The molecular weight excluding hydrogens is 392 g/mol. The summed E-state index contributed by atoms with van der Waals surface area (Å²) in [5.41, 5.74) is 6.43. The number of guanidine groups is 1. The number of nitrogens with zero attached hydrogens (tertiary/aromatic N) is 2. The van der Waals surface area contributed by atoms with Crippen LogP contribution in [0.25, 0.3) is 0 Å². The van der Waals surface area contributed by atoms with Gasteiger partial charge in [-0.05, 0) is 35.4 Å². The van der Waals surface area contributed by atoms with Gasteiger partial charge in [0.1, 0.15) is 0 Å². The van der Waals surface area contributed by atoms with Crippen LogP contribution < -0.4 is 10.9 Å². The van der Waals surface area contributed by atoms with Gasteiger partial charge in [0, 0.05) is 0 Å². The lowest BCUT2D eigenvalue weighted by Gasteiger charge is -2.02. The fourth-order valence-corrected chi connectivity index (χ4v) is 2.17. The second kappa shape index (κ2) is 8.89. The minimum absolute atomic E-state index is 0.109. The molecule has 0 saturated carbocycles. The van der Waals surface area contributed by atoms with Crippen LogP contribution in [-0.2, 0) is 0 Å². The van der Waals surface area contributed by atoms with Crippen molar-refractivity contribution in [2.45, 2.75) is 0 Å². The minimum Gasteiger partial charge on any atom is -0.266 e. The zero-order valence-electron chi connectivity index (χ0n) is 12.0. The van der Waals surface area contributed by atoms with Crippen LogP contribution in [-0.4, -0.2) is 18.4 Å². The first-order chi connectivity index (χ1) is 11.5. The van der Waals surface area contributed by atoms with Crippen LogP contribution in [0.2, 0.25) is 20.1 Å². The van der Waals surface area contributed by atoms with E-state index in [2.05, 4.69) is 21.1 Å². The molecule has 0 heterocycles. The van der Waals surface area contributed by atoms with Gasteiger partial charge in [0.25, 0.3) is 0 Å². The highest BCUT2D eigenvalue weighted by Crippen LogP contribution is 2.22. The van der Waals surface area contributed by atoms with Gasteiger partial charge < -0.3 is 0 Å². The smallest absolute Gasteiger partial charge is 0.230 e. The summed E-state index contributed by atoms with van der Waals surface area (Å²) in [6.45, 7) is 0. The SMILES string of the molecule is N=C(N/N=C/c1ccc(Cl)c(Cl)c1)N/N=C/c1ccc(Cl)c(Cl)c1. The van der Waals surface area contributed by atoms with Crippen LogP contribution in [0.3, 0.4) is 0 Å². The number of nitrogens with one attached hydrogen (secondary N) is 3. The van der Waals surface area contributed by atoms with Gasteiger partial charge in [0.15, 0.2) is 0 Å². The number of rotatable bonds is 4. The summed E-state index contributed by atoms with van der Waals surface area (Å²) < 4.78 is 0. The van der Waals surface area contributed by atoms with E-state index in [0.29, 0.717) is 20.1 Å². The standard InChI is InChI=1S/C15H11Cl4N5/c16-11-3-1-9(5-13(11)18)7-21-23-15(20)24-22-8-10-2-4-12(17)14(19)6-10/h1-8H,(H3,20,23,24)/b21-7+,22-8+. The maximum absolute atomic E-state index is 7.63. The van der Waals surface area contributed by atoms with Gasteiger partial charge in [-0.1, -0.05) is 58.5 Å². The molecule has 0 aliphatic carbocycles. The van der Waals surface area contributed by atoms with Gasteiger partial charge in [0.2, 0.25) is 5.96 Å². The molecule has 0 bridgehead atoms. The Kier molecular flexibility index (Phi) is 6.87. The second-order valence-corrected chi connectivity index (χ2v) is 6.09. The van der Waals surface area contributed by atoms with E-state index in [-0.39, 0.29) is 5.96 Å². The van der Waals surface area contributed by atoms with E-state index < -0.39 is 0 Å². The molecule has 0 aromatic heterocycles. The summed E-state index contributed by atoms with van der Waals surface area (Å²) in [5, 5.41) is 17.2. The van der Waals surface area contributed by atoms with Crippen LogP contribution in [0.1, 0.15) is 11.1 Å². The highest BCUT2D eigenvalue weighted by Gasteiger charge is 1.98. The molecule has 0 aliphatic rings. The average Bonchev–Trinajstić information content (AvgIpc) is 2.54. The van der Waals surface area contributed by atoms with Crippen molar-refractivity contribution in [1.29, 1.82) is 5.41 Å². The van der Waals surface area contributed by atoms with Gasteiger partial charge in [-0.25, -0.2) is 10.9 Å². The maximum atomic E-state index is 7.63. The summed E-state index contributed by atoms with van der Waals surface area (Å²) in [5.74, 6) is -0.109. The maximum Gasteiger partial charge on any atom is 0.230 e. The molecule has 2 aromatic carbocycles. The normalized spacial score (nSPS) is 11.2. The average molecular weight is 403 g/mol. The molecule has 0 amide bonds.